The summed E-state index contributed by atoms with van der Waals surface area (Å²) < 4.78 is 13.3. The van der Waals surface area contributed by atoms with E-state index in [-0.39, 0.29) is 29.6 Å². The fraction of sp³-hybridized carbons (Fsp3) is 0.440. The molecule has 2 aromatic rings. The minimum Gasteiger partial charge on any atom is -0.348 e. The molecule has 1 saturated heterocycles. The van der Waals surface area contributed by atoms with Crippen LogP contribution in [0.2, 0.25) is 0 Å². The van der Waals surface area contributed by atoms with E-state index in [2.05, 4.69) is 17.4 Å². The molecule has 3 aliphatic rings. The van der Waals surface area contributed by atoms with Crippen LogP contribution in [0.3, 0.4) is 0 Å². The minimum atomic E-state index is -0.275. The summed E-state index contributed by atoms with van der Waals surface area (Å²) in [7, 11) is 0. The van der Waals surface area contributed by atoms with Crippen LogP contribution in [0.4, 0.5) is 4.39 Å². The van der Waals surface area contributed by atoms with Crippen LogP contribution in [0.15, 0.2) is 42.5 Å². The number of hydrogen-bond donors (Lipinski definition) is 1. The summed E-state index contributed by atoms with van der Waals surface area (Å²) in [6, 6.07) is 12.4. The number of fused-ring (bicyclic) bond motifs is 1. The lowest BCUT2D eigenvalue weighted by Gasteiger charge is -2.32. The van der Waals surface area contributed by atoms with E-state index in [9.17, 15) is 14.0 Å². The van der Waals surface area contributed by atoms with E-state index in [1.54, 1.807) is 12.1 Å². The number of nitrogens with one attached hydrogen (secondary N) is 1. The Kier molecular flexibility index (Phi) is 5.48. The maximum atomic E-state index is 13.3. The molecule has 1 saturated carbocycles. The van der Waals surface area contributed by atoms with E-state index < -0.39 is 0 Å². The van der Waals surface area contributed by atoms with Crippen molar-refractivity contribution in [2.45, 2.75) is 51.1 Å². The zero-order valence-corrected chi connectivity index (χ0v) is 17.5. The molecule has 162 valence electrons. The molecule has 1 N–H and O–H groups in total. The van der Waals surface area contributed by atoms with Crippen molar-refractivity contribution in [2.24, 2.45) is 11.8 Å². The van der Waals surface area contributed by atoms with Crippen molar-refractivity contribution in [1.29, 1.82) is 0 Å². The molecule has 0 radical (unpaired) electrons. The molecular formula is C25H27FN2O3. The fourth-order valence-corrected chi connectivity index (χ4v) is 5.19. The van der Waals surface area contributed by atoms with Gasteiger partial charge < -0.3 is 5.32 Å². The normalized spacial score (nSPS) is 25.4. The van der Waals surface area contributed by atoms with Crippen LogP contribution < -0.4 is 5.32 Å². The van der Waals surface area contributed by atoms with Crippen molar-refractivity contribution < 1.29 is 18.8 Å². The van der Waals surface area contributed by atoms with Gasteiger partial charge in [-0.2, -0.15) is 0 Å². The second-order valence-electron chi connectivity index (χ2n) is 8.95. The summed E-state index contributed by atoms with van der Waals surface area (Å²) in [6.45, 7) is 1.13. The van der Waals surface area contributed by atoms with Gasteiger partial charge in [0.15, 0.2) is 0 Å². The number of nitrogens with zero attached hydrogens (tertiary/aromatic N) is 1. The Bertz CT molecular complexity index is 983. The van der Waals surface area contributed by atoms with E-state index in [1.165, 1.54) is 22.8 Å². The Balaban J connectivity index is 1.18. The van der Waals surface area contributed by atoms with Gasteiger partial charge in [0.05, 0.1) is 12.6 Å². The third-order valence-electron chi connectivity index (χ3n) is 6.96. The molecule has 0 aromatic heterocycles. The average Bonchev–Trinajstić information content (AvgIpc) is 3.42. The molecule has 5 rings (SSSR count). The highest BCUT2D eigenvalue weighted by Gasteiger charge is 2.37. The fourth-order valence-electron chi connectivity index (χ4n) is 5.19. The molecule has 0 spiro atoms. The number of hydroxylamine groups is 2. The molecular weight excluding hydrogens is 395 g/mol. The van der Waals surface area contributed by atoms with Gasteiger partial charge in [0.25, 0.3) is 5.91 Å². The summed E-state index contributed by atoms with van der Waals surface area (Å²) in [5.41, 5.74) is 4.00. The first-order valence-electron chi connectivity index (χ1n) is 11.2. The van der Waals surface area contributed by atoms with Crippen LogP contribution in [0.1, 0.15) is 65.2 Å². The van der Waals surface area contributed by atoms with Crippen LogP contribution >= 0.6 is 0 Å². The van der Waals surface area contributed by atoms with Crippen molar-refractivity contribution in [3.63, 3.8) is 0 Å². The molecule has 6 heteroatoms. The zero-order chi connectivity index (χ0) is 21.4. The van der Waals surface area contributed by atoms with Gasteiger partial charge in [-0.25, -0.2) is 9.45 Å². The first kappa shape index (κ1) is 20.2. The predicted octanol–water partition coefficient (Wildman–Crippen LogP) is 4.32. The summed E-state index contributed by atoms with van der Waals surface area (Å²) in [5.74, 6) is 0.303. The second kappa shape index (κ2) is 8.42. The lowest BCUT2D eigenvalue weighted by Crippen LogP contribution is -2.36. The van der Waals surface area contributed by atoms with Gasteiger partial charge in [-0.3, -0.25) is 14.4 Å². The number of benzene rings is 2. The molecule has 1 atom stereocenters. The summed E-state index contributed by atoms with van der Waals surface area (Å²) in [5, 5.41) is 4.41. The molecule has 2 fully saturated rings. The van der Waals surface area contributed by atoms with Gasteiger partial charge >= 0.3 is 0 Å². The van der Waals surface area contributed by atoms with Gasteiger partial charge in [0, 0.05) is 24.4 Å². The lowest BCUT2D eigenvalue weighted by atomic mass is 9.78. The van der Waals surface area contributed by atoms with Crippen LogP contribution in [0.25, 0.3) is 0 Å². The monoisotopic (exact) mass is 422 g/mol. The van der Waals surface area contributed by atoms with E-state index in [4.69, 9.17) is 4.84 Å². The Hall–Kier alpha value is -2.73. The SMILES string of the molecule is O=C1NCc2ccc(C[C@H]3CC[C@H](C(=O)N4OCC[C@H]4c4ccc(F)cc4)CC3)cc21. The van der Waals surface area contributed by atoms with E-state index in [1.807, 2.05) is 6.07 Å². The highest BCUT2D eigenvalue weighted by Crippen LogP contribution is 2.37. The first-order valence-corrected chi connectivity index (χ1v) is 11.2. The van der Waals surface area contributed by atoms with E-state index in [0.717, 1.165) is 55.2 Å². The van der Waals surface area contributed by atoms with Gasteiger partial charge in [-0.1, -0.05) is 24.3 Å². The molecule has 2 amide bonds. The van der Waals surface area contributed by atoms with Crippen LogP contribution in [0.5, 0.6) is 0 Å². The summed E-state index contributed by atoms with van der Waals surface area (Å²) >= 11 is 0. The van der Waals surface area contributed by atoms with Gasteiger partial charge in [0.1, 0.15) is 5.82 Å². The molecule has 2 aliphatic heterocycles. The standard InChI is InChI=1S/C25H27FN2O3/c26-21-9-7-18(8-10-21)23-11-12-31-28(23)25(30)19-4-1-16(2-5-19)13-17-3-6-20-15-27-24(29)22(20)14-17/h3,6-10,14,16,19,23H,1-2,4-5,11-13,15H2,(H,27,29)/t16-,19-,23-/m0/s1. The Morgan fingerprint density at radius 2 is 1.84 bits per heavy atom. The van der Waals surface area contributed by atoms with Gasteiger partial charge in [-0.15, -0.1) is 0 Å². The number of carbonyl (C=O) groups excluding carboxylic acids is 2. The molecule has 0 bridgehead atoms. The number of rotatable bonds is 4. The third-order valence-corrected chi connectivity index (χ3v) is 6.96. The minimum absolute atomic E-state index is 0.0208. The second-order valence-corrected chi connectivity index (χ2v) is 8.95. The van der Waals surface area contributed by atoms with Gasteiger partial charge in [0.2, 0.25) is 5.91 Å². The van der Waals surface area contributed by atoms with Crippen molar-refractivity contribution >= 4 is 11.8 Å². The highest BCUT2D eigenvalue weighted by atomic mass is 19.1. The van der Waals surface area contributed by atoms with Crippen molar-refractivity contribution in [3.05, 3.63) is 70.5 Å². The maximum absolute atomic E-state index is 13.3. The van der Waals surface area contributed by atoms with Crippen LogP contribution in [0, 0.1) is 17.7 Å². The third kappa shape index (κ3) is 4.09. The Labute approximate surface area is 181 Å². The van der Waals surface area contributed by atoms with Gasteiger partial charge in [-0.05, 0) is 72.9 Å². The Morgan fingerprint density at radius 1 is 1.06 bits per heavy atom. The predicted molar refractivity (Wildman–Crippen MR) is 113 cm³/mol. The van der Waals surface area contributed by atoms with E-state index in [0.29, 0.717) is 19.1 Å². The lowest BCUT2D eigenvalue weighted by molar-refractivity contribution is -0.183. The molecule has 0 unspecified atom stereocenters. The molecule has 31 heavy (non-hydrogen) atoms. The number of amides is 2. The van der Waals surface area contributed by atoms with Crippen molar-refractivity contribution in [1.82, 2.24) is 10.4 Å². The molecule has 5 nitrogen and oxygen atoms in total. The average molecular weight is 423 g/mol. The molecule has 2 heterocycles. The topological polar surface area (TPSA) is 58.6 Å². The number of carbonyl (C=O) groups is 2. The maximum Gasteiger partial charge on any atom is 0.251 e. The summed E-state index contributed by atoms with van der Waals surface area (Å²) in [4.78, 5) is 30.8. The van der Waals surface area contributed by atoms with Crippen LogP contribution in [-0.2, 0) is 22.6 Å². The quantitative estimate of drug-likeness (QED) is 0.798. The zero-order valence-electron chi connectivity index (χ0n) is 17.5. The van der Waals surface area contributed by atoms with Crippen molar-refractivity contribution in [3.8, 4) is 0 Å². The highest BCUT2D eigenvalue weighted by molar-refractivity contribution is 5.98. The molecule has 2 aromatic carbocycles. The first-order chi connectivity index (χ1) is 15.1. The van der Waals surface area contributed by atoms with Crippen molar-refractivity contribution in [2.75, 3.05) is 6.61 Å². The van der Waals surface area contributed by atoms with Crippen LogP contribution in [-0.4, -0.2) is 23.5 Å². The summed E-state index contributed by atoms with van der Waals surface area (Å²) in [6.07, 6.45) is 5.37. The number of hydrogen-bond acceptors (Lipinski definition) is 3. The largest absolute Gasteiger partial charge is 0.348 e. The smallest absolute Gasteiger partial charge is 0.251 e. The molecule has 1 aliphatic carbocycles. The number of halogens is 1. The van der Waals surface area contributed by atoms with E-state index >= 15 is 0 Å². The Morgan fingerprint density at radius 3 is 2.61 bits per heavy atom.